The van der Waals surface area contributed by atoms with Crippen LogP contribution in [0.3, 0.4) is 0 Å². The summed E-state index contributed by atoms with van der Waals surface area (Å²) in [5.74, 6) is 0.122. The van der Waals surface area contributed by atoms with E-state index in [1.54, 1.807) is 19.1 Å². The summed E-state index contributed by atoms with van der Waals surface area (Å²) in [6.45, 7) is 2.16. The molecule has 0 amide bonds. The average Bonchev–Trinajstić information content (AvgIpc) is 2.61. The summed E-state index contributed by atoms with van der Waals surface area (Å²) in [4.78, 5) is 11.4. The van der Waals surface area contributed by atoms with Crippen LogP contribution >= 0.6 is 11.6 Å². The first-order valence-electron chi connectivity index (χ1n) is 8.03. The minimum absolute atomic E-state index is 0.145. The molecule has 0 aromatic heterocycles. The highest BCUT2D eigenvalue weighted by Gasteiger charge is 2.13. The van der Waals surface area contributed by atoms with Gasteiger partial charge in [-0.25, -0.2) is 17.9 Å². The van der Waals surface area contributed by atoms with E-state index in [4.69, 9.17) is 21.1 Å². The molecule has 6 nitrogen and oxygen atoms in total. The van der Waals surface area contributed by atoms with Gasteiger partial charge >= 0.3 is 5.97 Å². The van der Waals surface area contributed by atoms with E-state index in [1.165, 1.54) is 24.3 Å². The molecule has 0 saturated heterocycles. The fraction of sp³-hybridized carbons (Fsp3) is 0.278. The molecule has 140 valence electrons. The van der Waals surface area contributed by atoms with Crippen molar-refractivity contribution in [2.75, 3.05) is 19.8 Å². The average molecular weight is 398 g/mol. The highest BCUT2D eigenvalue weighted by atomic mass is 35.5. The van der Waals surface area contributed by atoms with Crippen molar-refractivity contribution in [1.29, 1.82) is 0 Å². The van der Waals surface area contributed by atoms with Crippen molar-refractivity contribution in [3.63, 3.8) is 0 Å². The molecule has 0 fully saturated rings. The lowest BCUT2D eigenvalue weighted by atomic mass is 10.1. The molecular weight excluding hydrogens is 378 g/mol. The van der Waals surface area contributed by atoms with E-state index >= 15 is 0 Å². The zero-order valence-electron chi connectivity index (χ0n) is 14.3. The second-order valence-electron chi connectivity index (χ2n) is 5.34. The fourth-order valence-electron chi connectivity index (χ4n) is 2.12. The molecule has 2 aromatic carbocycles. The number of halogens is 1. The molecule has 2 aromatic rings. The number of ether oxygens (including phenoxy) is 2. The molecule has 2 rings (SSSR count). The summed E-state index contributed by atoms with van der Waals surface area (Å²) < 4.78 is 37.0. The molecule has 0 atom stereocenters. The van der Waals surface area contributed by atoms with Crippen LogP contribution in [0.4, 0.5) is 0 Å². The lowest BCUT2D eigenvalue weighted by molar-refractivity contribution is -0.145. The van der Waals surface area contributed by atoms with Crippen LogP contribution in [-0.4, -0.2) is 34.1 Å². The van der Waals surface area contributed by atoms with Gasteiger partial charge in [0, 0.05) is 11.6 Å². The van der Waals surface area contributed by atoms with E-state index in [0.29, 0.717) is 23.8 Å². The number of sulfonamides is 1. The SMILES string of the molecule is CCOC(=O)COc1ccc(CCNS(=O)(=O)c2ccc(Cl)cc2)cc1. The monoisotopic (exact) mass is 397 g/mol. The standard InChI is InChI=1S/C18H20ClNO5S/c1-2-24-18(21)13-25-16-7-3-14(4-8-16)11-12-20-26(22,23)17-9-5-15(19)6-10-17/h3-10,20H,2,11-13H2,1H3. The van der Waals surface area contributed by atoms with E-state index < -0.39 is 16.0 Å². The van der Waals surface area contributed by atoms with E-state index in [2.05, 4.69) is 4.72 Å². The third-order valence-corrected chi connectivity index (χ3v) is 5.14. The minimum atomic E-state index is -3.56. The Hall–Kier alpha value is -2.09. The van der Waals surface area contributed by atoms with Gasteiger partial charge in [0.05, 0.1) is 11.5 Å². The summed E-state index contributed by atoms with van der Waals surface area (Å²) in [5, 5.41) is 0.481. The van der Waals surface area contributed by atoms with Crippen molar-refractivity contribution < 1.29 is 22.7 Å². The third kappa shape index (κ3) is 6.33. The molecule has 0 saturated carbocycles. The van der Waals surface area contributed by atoms with Gasteiger partial charge in [-0.15, -0.1) is 0 Å². The van der Waals surface area contributed by atoms with Crippen LogP contribution < -0.4 is 9.46 Å². The van der Waals surface area contributed by atoms with Gasteiger partial charge in [0.2, 0.25) is 10.0 Å². The Morgan fingerprint density at radius 3 is 2.35 bits per heavy atom. The second-order valence-corrected chi connectivity index (χ2v) is 7.54. The smallest absolute Gasteiger partial charge is 0.344 e. The van der Waals surface area contributed by atoms with E-state index in [1.807, 2.05) is 12.1 Å². The number of benzene rings is 2. The van der Waals surface area contributed by atoms with Crippen molar-refractivity contribution in [3.05, 3.63) is 59.1 Å². The van der Waals surface area contributed by atoms with Gasteiger partial charge in [-0.05, 0) is 55.3 Å². The highest BCUT2D eigenvalue weighted by Crippen LogP contribution is 2.15. The Labute approximate surface area is 158 Å². The number of rotatable bonds is 9. The van der Waals surface area contributed by atoms with E-state index in [0.717, 1.165) is 5.56 Å². The minimum Gasteiger partial charge on any atom is -0.482 e. The number of carbonyl (C=O) groups is 1. The van der Waals surface area contributed by atoms with Crippen molar-refractivity contribution in [3.8, 4) is 5.75 Å². The molecule has 0 aliphatic carbocycles. The summed E-state index contributed by atoms with van der Waals surface area (Å²) in [6.07, 6.45) is 0.519. The van der Waals surface area contributed by atoms with Gasteiger partial charge in [0.25, 0.3) is 0 Å². The molecule has 8 heteroatoms. The quantitative estimate of drug-likeness (QED) is 0.658. The number of hydrogen-bond acceptors (Lipinski definition) is 5. The fourth-order valence-corrected chi connectivity index (χ4v) is 3.28. The van der Waals surface area contributed by atoms with E-state index in [9.17, 15) is 13.2 Å². The maximum Gasteiger partial charge on any atom is 0.344 e. The predicted octanol–water partition coefficient (Wildman–Crippen LogP) is 2.80. The van der Waals surface area contributed by atoms with Gasteiger partial charge in [-0.1, -0.05) is 23.7 Å². The normalized spacial score (nSPS) is 11.2. The summed E-state index contributed by atoms with van der Waals surface area (Å²) in [7, 11) is -3.56. The molecule has 0 heterocycles. The van der Waals surface area contributed by atoms with Gasteiger partial charge in [-0.3, -0.25) is 0 Å². The van der Waals surface area contributed by atoms with Crippen LogP contribution in [0, 0.1) is 0 Å². The molecule has 0 aliphatic rings. The number of hydrogen-bond donors (Lipinski definition) is 1. The van der Waals surface area contributed by atoms with Crippen LogP contribution in [0.5, 0.6) is 5.75 Å². The Morgan fingerprint density at radius 1 is 1.08 bits per heavy atom. The largest absolute Gasteiger partial charge is 0.482 e. The maximum absolute atomic E-state index is 12.2. The first-order chi connectivity index (χ1) is 12.4. The molecule has 0 radical (unpaired) electrons. The van der Waals surface area contributed by atoms with Crippen LogP contribution in [0.2, 0.25) is 5.02 Å². The van der Waals surface area contributed by atoms with Gasteiger partial charge in [0.1, 0.15) is 5.75 Å². The van der Waals surface area contributed by atoms with Crippen molar-refractivity contribution >= 4 is 27.6 Å². The molecule has 0 bridgehead atoms. The lowest BCUT2D eigenvalue weighted by Gasteiger charge is -2.08. The Morgan fingerprint density at radius 2 is 1.73 bits per heavy atom. The number of esters is 1. The molecule has 26 heavy (non-hydrogen) atoms. The second kappa shape index (κ2) is 9.56. The Balaban J connectivity index is 1.82. The highest BCUT2D eigenvalue weighted by molar-refractivity contribution is 7.89. The molecule has 0 spiro atoms. The van der Waals surface area contributed by atoms with Gasteiger partial charge in [0.15, 0.2) is 6.61 Å². The maximum atomic E-state index is 12.2. The Bertz CT molecular complexity index is 820. The van der Waals surface area contributed by atoms with Crippen LogP contribution in [0.1, 0.15) is 12.5 Å². The van der Waals surface area contributed by atoms with Crippen molar-refractivity contribution in [2.24, 2.45) is 0 Å². The molecular formula is C18H20ClNO5S. The van der Waals surface area contributed by atoms with E-state index in [-0.39, 0.29) is 18.0 Å². The van der Waals surface area contributed by atoms with Gasteiger partial charge in [-0.2, -0.15) is 0 Å². The molecule has 0 aliphatic heterocycles. The summed E-state index contributed by atoms with van der Waals surface area (Å²) >= 11 is 5.76. The first-order valence-corrected chi connectivity index (χ1v) is 9.89. The van der Waals surface area contributed by atoms with Crippen LogP contribution in [-0.2, 0) is 26.0 Å². The first kappa shape index (κ1) is 20.2. The lowest BCUT2D eigenvalue weighted by Crippen LogP contribution is -2.25. The van der Waals surface area contributed by atoms with Crippen molar-refractivity contribution in [1.82, 2.24) is 4.72 Å². The van der Waals surface area contributed by atoms with Crippen LogP contribution in [0.15, 0.2) is 53.4 Å². The van der Waals surface area contributed by atoms with Gasteiger partial charge < -0.3 is 9.47 Å². The van der Waals surface area contributed by atoms with Crippen molar-refractivity contribution in [2.45, 2.75) is 18.2 Å². The molecule has 1 N–H and O–H groups in total. The number of carbonyl (C=O) groups excluding carboxylic acids is 1. The van der Waals surface area contributed by atoms with Crippen LogP contribution in [0.25, 0.3) is 0 Å². The zero-order valence-corrected chi connectivity index (χ0v) is 15.8. The number of nitrogens with one attached hydrogen (secondary N) is 1. The summed E-state index contributed by atoms with van der Waals surface area (Å²) in [6, 6.07) is 13.1. The zero-order chi connectivity index (χ0) is 19.0. The summed E-state index contributed by atoms with van der Waals surface area (Å²) in [5.41, 5.74) is 0.937. The predicted molar refractivity (Wildman–Crippen MR) is 98.9 cm³/mol. The molecule has 0 unspecified atom stereocenters. The topological polar surface area (TPSA) is 81.7 Å². The third-order valence-electron chi connectivity index (χ3n) is 3.42. The Kier molecular flexibility index (Phi) is 7.44.